The molecule has 0 radical (unpaired) electrons. The number of morpholine rings is 1. The van der Waals surface area contributed by atoms with Crippen molar-refractivity contribution in [3.05, 3.63) is 0 Å². The molecule has 1 atom stereocenters. The van der Waals surface area contributed by atoms with Gasteiger partial charge in [-0.2, -0.15) is 0 Å². The third kappa shape index (κ3) is 9.20. The van der Waals surface area contributed by atoms with Crippen LogP contribution in [0, 0.1) is 5.92 Å². The van der Waals surface area contributed by atoms with Crippen molar-refractivity contribution in [1.82, 2.24) is 25.3 Å². The minimum Gasteiger partial charge on any atom is -0.379 e. The molecule has 7 nitrogen and oxygen atoms in total. The Morgan fingerprint density at radius 1 is 0.931 bits per heavy atom. The molecule has 2 saturated heterocycles. The first-order valence-electron chi connectivity index (χ1n) is 11.9. The average molecular weight is 411 g/mol. The van der Waals surface area contributed by atoms with E-state index in [1.807, 2.05) is 0 Å². The van der Waals surface area contributed by atoms with Gasteiger partial charge in [-0.1, -0.05) is 20.8 Å². The Kier molecular flexibility index (Phi) is 11.9. The summed E-state index contributed by atoms with van der Waals surface area (Å²) in [5, 5.41) is 6.95. The molecule has 29 heavy (non-hydrogen) atoms. The van der Waals surface area contributed by atoms with Crippen molar-refractivity contribution in [2.24, 2.45) is 10.9 Å². The van der Waals surface area contributed by atoms with Gasteiger partial charge in [0.2, 0.25) is 0 Å². The molecule has 2 N–H and O–H groups in total. The molecule has 2 heterocycles. The van der Waals surface area contributed by atoms with Gasteiger partial charge in [-0.05, 0) is 38.8 Å². The summed E-state index contributed by atoms with van der Waals surface area (Å²) in [4.78, 5) is 12.6. The lowest BCUT2D eigenvalue weighted by Crippen LogP contribution is -2.48. The van der Waals surface area contributed by atoms with Crippen molar-refractivity contribution in [2.75, 3.05) is 85.2 Å². The first kappa shape index (κ1) is 24.4. The Labute approximate surface area is 179 Å². The molecule has 2 rings (SSSR count). The number of ether oxygens (including phenoxy) is 1. The lowest BCUT2D eigenvalue weighted by atomic mass is 10.0. The number of piperazine rings is 1. The Balaban J connectivity index is 1.68. The van der Waals surface area contributed by atoms with Crippen LogP contribution in [0.25, 0.3) is 0 Å². The molecule has 0 amide bonds. The standard InChI is InChI=1S/C22H46N6O/c1-5-23-22(25-19-21(20(3)4)28-15-17-29-18-16-28)24-9-7-8-10-27-13-11-26(6-2)12-14-27/h20-21H,5-19H2,1-4H3,(H2,23,24,25). The molecule has 0 saturated carbocycles. The van der Waals surface area contributed by atoms with Crippen LogP contribution in [0.5, 0.6) is 0 Å². The third-order valence-electron chi connectivity index (χ3n) is 6.17. The zero-order valence-electron chi connectivity index (χ0n) is 19.5. The Morgan fingerprint density at radius 3 is 2.24 bits per heavy atom. The van der Waals surface area contributed by atoms with E-state index in [0.29, 0.717) is 12.0 Å². The van der Waals surface area contributed by atoms with Crippen molar-refractivity contribution >= 4 is 5.96 Å². The molecule has 2 fully saturated rings. The normalized spacial score (nSPS) is 21.5. The fraction of sp³-hybridized carbons (Fsp3) is 0.955. The van der Waals surface area contributed by atoms with Crippen LogP contribution in [0.2, 0.25) is 0 Å². The fourth-order valence-corrected chi connectivity index (χ4v) is 4.18. The molecule has 0 aromatic carbocycles. The first-order chi connectivity index (χ1) is 14.1. The average Bonchev–Trinajstić information content (AvgIpc) is 2.74. The summed E-state index contributed by atoms with van der Waals surface area (Å²) in [7, 11) is 0. The Bertz CT molecular complexity index is 445. The molecule has 0 spiro atoms. The van der Waals surface area contributed by atoms with Crippen molar-refractivity contribution in [3.63, 3.8) is 0 Å². The monoisotopic (exact) mass is 410 g/mol. The summed E-state index contributed by atoms with van der Waals surface area (Å²) >= 11 is 0. The number of hydrogen-bond acceptors (Lipinski definition) is 5. The summed E-state index contributed by atoms with van der Waals surface area (Å²) in [6, 6.07) is 0.483. The predicted octanol–water partition coefficient (Wildman–Crippen LogP) is 1.32. The molecule has 0 bridgehead atoms. The van der Waals surface area contributed by atoms with Gasteiger partial charge in [0.25, 0.3) is 0 Å². The third-order valence-corrected chi connectivity index (χ3v) is 6.17. The highest BCUT2D eigenvalue weighted by molar-refractivity contribution is 5.79. The van der Waals surface area contributed by atoms with E-state index in [2.05, 4.69) is 53.0 Å². The maximum Gasteiger partial charge on any atom is 0.191 e. The second-order valence-corrected chi connectivity index (χ2v) is 8.59. The van der Waals surface area contributed by atoms with Crippen LogP contribution in [0.15, 0.2) is 4.99 Å². The predicted molar refractivity (Wildman–Crippen MR) is 123 cm³/mol. The molecule has 0 aromatic heterocycles. The number of hydrogen-bond donors (Lipinski definition) is 2. The van der Waals surface area contributed by atoms with Gasteiger partial charge in [0.1, 0.15) is 0 Å². The van der Waals surface area contributed by atoms with Crippen LogP contribution < -0.4 is 10.6 Å². The second-order valence-electron chi connectivity index (χ2n) is 8.59. The summed E-state index contributed by atoms with van der Waals surface area (Å²) in [6.45, 7) is 22.8. The highest BCUT2D eigenvalue weighted by atomic mass is 16.5. The van der Waals surface area contributed by atoms with E-state index in [9.17, 15) is 0 Å². The molecular weight excluding hydrogens is 364 g/mol. The van der Waals surface area contributed by atoms with Crippen molar-refractivity contribution < 1.29 is 4.74 Å². The summed E-state index contributed by atoms with van der Waals surface area (Å²) in [5.74, 6) is 1.55. The van der Waals surface area contributed by atoms with Gasteiger partial charge in [-0.15, -0.1) is 0 Å². The molecule has 2 aliphatic heterocycles. The van der Waals surface area contributed by atoms with Crippen molar-refractivity contribution in [1.29, 1.82) is 0 Å². The van der Waals surface area contributed by atoms with Crippen LogP contribution in [0.4, 0.5) is 0 Å². The van der Waals surface area contributed by atoms with E-state index < -0.39 is 0 Å². The van der Waals surface area contributed by atoms with Gasteiger partial charge in [-0.25, -0.2) is 0 Å². The number of aliphatic imine (C=N–C) groups is 1. The summed E-state index contributed by atoms with van der Waals surface area (Å²) < 4.78 is 5.52. The van der Waals surface area contributed by atoms with Crippen LogP contribution in [-0.4, -0.2) is 112 Å². The number of unbranched alkanes of at least 4 members (excludes halogenated alkanes) is 1. The SMILES string of the molecule is CCNC(=NCC(C(C)C)N1CCOCC1)NCCCCN1CCN(CC)CC1. The van der Waals surface area contributed by atoms with Gasteiger partial charge >= 0.3 is 0 Å². The molecule has 1 unspecified atom stereocenters. The lowest BCUT2D eigenvalue weighted by Gasteiger charge is -2.36. The largest absolute Gasteiger partial charge is 0.379 e. The van der Waals surface area contributed by atoms with Gasteiger partial charge in [0.15, 0.2) is 5.96 Å². The van der Waals surface area contributed by atoms with Crippen LogP contribution in [0.1, 0.15) is 40.5 Å². The molecule has 0 aromatic rings. The highest BCUT2D eigenvalue weighted by Gasteiger charge is 2.23. The van der Waals surface area contributed by atoms with Crippen LogP contribution in [0.3, 0.4) is 0 Å². The maximum atomic E-state index is 5.52. The maximum absolute atomic E-state index is 5.52. The molecule has 2 aliphatic rings. The zero-order chi connectivity index (χ0) is 20.9. The number of guanidine groups is 1. The van der Waals surface area contributed by atoms with Gasteiger partial charge in [0.05, 0.1) is 19.8 Å². The zero-order valence-corrected chi connectivity index (χ0v) is 19.5. The first-order valence-corrected chi connectivity index (χ1v) is 11.9. The minimum absolute atomic E-state index is 0.483. The van der Waals surface area contributed by atoms with Gasteiger partial charge in [-0.3, -0.25) is 9.89 Å². The van der Waals surface area contributed by atoms with E-state index in [1.165, 1.54) is 52.1 Å². The van der Waals surface area contributed by atoms with E-state index in [4.69, 9.17) is 9.73 Å². The van der Waals surface area contributed by atoms with E-state index in [0.717, 1.165) is 51.9 Å². The van der Waals surface area contributed by atoms with Crippen molar-refractivity contribution in [3.8, 4) is 0 Å². The lowest BCUT2D eigenvalue weighted by molar-refractivity contribution is 0.00867. The highest BCUT2D eigenvalue weighted by Crippen LogP contribution is 2.13. The molecular formula is C22H46N6O. The molecule has 0 aliphatic carbocycles. The topological polar surface area (TPSA) is 55.4 Å². The fourth-order valence-electron chi connectivity index (χ4n) is 4.18. The van der Waals surface area contributed by atoms with Crippen LogP contribution in [-0.2, 0) is 4.74 Å². The Hall–Kier alpha value is -0.890. The number of nitrogens with zero attached hydrogens (tertiary/aromatic N) is 4. The molecule has 170 valence electrons. The van der Waals surface area contributed by atoms with Gasteiger partial charge < -0.3 is 25.2 Å². The Morgan fingerprint density at radius 2 is 1.62 bits per heavy atom. The van der Waals surface area contributed by atoms with E-state index >= 15 is 0 Å². The van der Waals surface area contributed by atoms with Crippen LogP contribution >= 0.6 is 0 Å². The number of likely N-dealkylation sites (N-methyl/N-ethyl adjacent to an activating group) is 1. The summed E-state index contributed by atoms with van der Waals surface area (Å²) in [5.41, 5.74) is 0. The number of nitrogens with one attached hydrogen (secondary N) is 2. The number of rotatable bonds is 11. The minimum atomic E-state index is 0.483. The van der Waals surface area contributed by atoms with E-state index in [1.54, 1.807) is 0 Å². The molecule has 7 heteroatoms. The quantitative estimate of drug-likeness (QED) is 0.304. The summed E-state index contributed by atoms with van der Waals surface area (Å²) in [6.07, 6.45) is 2.44. The second kappa shape index (κ2) is 14.2. The van der Waals surface area contributed by atoms with Crippen molar-refractivity contribution in [2.45, 2.75) is 46.6 Å². The van der Waals surface area contributed by atoms with Gasteiger partial charge in [0, 0.05) is 58.4 Å². The van der Waals surface area contributed by atoms with E-state index in [-0.39, 0.29) is 0 Å². The smallest absolute Gasteiger partial charge is 0.191 e.